The summed E-state index contributed by atoms with van der Waals surface area (Å²) in [6, 6.07) is 16.0. The number of pyridine rings is 1. The fourth-order valence-electron chi connectivity index (χ4n) is 5.99. The van der Waals surface area contributed by atoms with Crippen LogP contribution in [-0.4, -0.2) is 36.1 Å². The molecule has 0 saturated carbocycles. The first kappa shape index (κ1) is 38.8. The molecule has 45 heavy (non-hydrogen) atoms. The zero-order valence-electron chi connectivity index (χ0n) is 30.3. The van der Waals surface area contributed by atoms with Crippen LogP contribution in [0.1, 0.15) is 158 Å². The predicted molar refractivity (Wildman–Crippen MR) is 194 cm³/mol. The van der Waals surface area contributed by atoms with Crippen molar-refractivity contribution in [3.63, 3.8) is 0 Å². The second kappa shape index (κ2) is 18.1. The summed E-state index contributed by atoms with van der Waals surface area (Å²) in [5.74, 6) is 2.92. The maximum absolute atomic E-state index is 4.67. The van der Waals surface area contributed by atoms with Gasteiger partial charge in [-0.15, -0.1) is 0 Å². The van der Waals surface area contributed by atoms with Crippen LogP contribution in [-0.2, 0) is 23.3 Å². The third-order valence-corrected chi connectivity index (χ3v) is 8.84. The Morgan fingerprint density at radius 1 is 0.556 bits per heavy atom. The average Bonchev–Trinajstić information content (AvgIpc) is 2.96. The molecule has 0 aliphatic rings. The van der Waals surface area contributed by atoms with Gasteiger partial charge in [-0.3, -0.25) is 9.88 Å². The van der Waals surface area contributed by atoms with E-state index in [4.69, 9.17) is 0 Å². The Labute approximate surface area is 286 Å². The molecule has 0 unspecified atom stereocenters. The van der Waals surface area contributed by atoms with E-state index in [-0.39, 0.29) is 16.8 Å². The second-order valence-corrected chi connectivity index (χ2v) is 14.5. The summed E-state index contributed by atoms with van der Waals surface area (Å²) in [4.78, 5) is 7.21. The molecule has 5 heteroatoms. The van der Waals surface area contributed by atoms with Crippen LogP contribution >= 0.6 is 0 Å². The van der Waals surface area contributed by atoms with E-state index in [1.807, 2.05) is 12.3 Å². The zero-order valence-corrected chi connectivity index (χ0v) is 31.4. The standard InChI is InChI=1S/C40H62N4.Co/c1-26(2)32-21-35(28(5)6)39(36(22-32)29(7)8)42-17-19-44(25-34-15-13-14-16-41-34)20-18-43-40-37(30(9)10)23-33(27(3)4)24-38(40)31(11)12;/h13-16,21-24,26-31,42-43H,17-20,25H2,1-12H3;. The van der Waals surface area contributed by atoms with Crippen LogP contribution in [0, 0.1) is 0 Å². The number of hydrogen-bond donors (Lipinski definition) is 2. The van der Waals surface area contributed by atoms with Gasteiger partial charge in [-0.2, -0.15) is 0 Å². The Bertz CT molecular complexity index is 1170. The maximum atomic E-state index is 4.67. The van der Waals surface area contributed by atoms with Crippen molar-refractivity contribution >= 4 is 11.4 Å². The first-order chi connectivity index (χ1) is 20.8. The fourth-order valence-corrected chi connectivity index (χ4v) is 5.99. The number of nitrogens with zero attached hydrogens (tertiary/aromatic N) is 2. The van der Waals surface area contributed by atoms with Crippen molar-refractivity contribution in [2.24, 2.45) is 0 Å². The number of hydrogen-bond acceptors (Lipinski definition) is 4. The molecule has 1 heterocycles. The van der Waals surface area contributed by atoms with Crippen LogP contribution in [0.3, 0.4) is 0 Å². The number of benzene rings is 2. The monoisotopic (exact) mass is 657 g/mol. The molecule has 0 spiro atoms. The molecule has 0 aliphatic carbocycles. The molecule has 1 radical (unpaired) electrons. The molecule has 251 valence electrons. The minimum Gasteiger partial charge on any atom is -0.383 e. The molecule has 0 amide bonds. The van der Waals surface area contributed by atoms with Gasteiger partial charge in [0.2, 0.25) is 0 Å². The predicted octanol–water partition coefficient (Wildman–Crippen LogP) is 10.8. The molecule has 4 nitrogen and oxygen atoms in total. The second-order valence-electron chi connectivity index (χ2n) is 14.5. The molecule has 0 atom stereocenters. The van der Waals surface area contributed by atoms with E-state index in [0.29, 0.717) is 35.5 Å². The maximum Gasteiger partial charge on any atom is 0.0543 e. The van der Waals surface area contributed by atoms with Crippen LogP contribution in [0.5, 0.6) is 0 Å². The SMILES string of the molecule is CC(C)c1cc(C(C)C)c(NCCN(CCNc2c(C(C)C)cc(C(C)C)cc2C(C)C)Cc2ccccn2)c(C(C)C)c1.[Co]. The Morgan fingerprint density at radius 2 is 0.933 bits per heavy atom. The molecule has 0 fully saturated rings. The molecule has 3 rings (SSSR count). The van der Waals surface area contributed by atoms with Gasteiger partial charge in [0.05, 0.1) is 5.69 Å². The van der Waals surface area contributed by atoms with Crippen molar-refractivity contribution < 1.29 is 16.8 Å². The number of rotatable bonds is 16. The summed E-state index contributed by atoms with van der Waals surface area (Å²) >= 11 is 0. The minimum absolute atomic E-state index is 0. The molecule has 2 aromatic carbocycles. The molecule has 2 N–H and O–H groups in total. The van der Waals surface area contributed by atoms with E-state index in [2.05, 4.69) is 140 Å². The van der Waals surface area contributed by atoms with Crippen LogP contribution < -0.4 is 10.6 Å². The van der Waals surface area contributed by atoms with Gasteiger partial charge >= 0.3 is 0 Å². The average molecular weight is 658 g/mol. The minimum atomic E-state index is 0. The Balaban J connectivity index is 0.00000705. The molecular weight excluding hydrogens is 595 g/mol. The van der Waals surface area contributed by atoms with Crippen LogP contribution in [0.25, 0.3) is 0 Å². The summed E-state index contributed by atoms with van der Waals surface area (Å²) in [5.41, 5.74) is 12.4. The van der Waals surface area contributed by atoms with Gasteiger partial charge < -0.3 is 10.6 Å². The third kappa shape index (κ3) is 10.9. The van der Waals surface area contributed by atoms with Gasteiger partial charge in [0.25, 0.3) is 0 Å². The summed E-state index contributed by atoms with van der Waals surface area (Å²) < 4.78 is 0. The van der Waals surface area contributed by atoms with Crippen molar-refractivity contribution in [1.82, 2.24) is 9.88 Å². The van der Waals surface area contributed by atoms with E-state index < -0.39 is 0 Å². The van der Waals surface area contributed by atoms with Gasteiger partial charge in [0, 0.05) is 67.1 Å². The van der Waals surface area contributed by atoms with Gasteiger partial charge in [-0.25, -0.2) is 0 Å². The van der Waals surface area contributed by atoms with Crippen LogP contribution in [0.15, 0.2) is 48.7 Å². The fraction of sp³-hybridized carbons (Fsp3) is 0.575. The molecule has 1 aromatic heterocycles. The number of aromatic nitrogens is 1. The van der Waals surface area contributed by atoms with E-state index in [9.17, 15) is 0 Å². The van der Waals surface area contributed by atoms with E-state index in [1.54, 1.807) is 0 Å². The molecule has 0 aliphatic heterocycles. The largest absolute Gasteiger partial charge is 0.383 e. The van der Waals surface area contributed by atoms with E-state index >= 15 is 0 Å². The summed E-state index contributed by atoms with van der Waals surface area (Å²) in [6.07, 6.45) is 1.91. The van der Waals surface area contributed by atoms with Gasteiger partial charge in [-0.05, 0) is 81.0 Å². The van der Waals surface area contributed by atoms with E-state index in [1.165, 1.54) is 44.8 Å². The summed E-state index contributed by atoms with van der Waals surface area (Å²) in [7, 11) is 0. The molecular formula is C40H62CoN4. The van der Waals surface area contributed by atoms with Gasteiger partial charge in [0.15, 0.2) is 0 Å². The molecule has 0 bridgehead atoms. The van der Waals surface area contributed by atoms with Crippen LogP contribution in [0.2, 0.25) is 0 Å². The van der Waals surface area contributed by atoms with Crippen molar-refractivity contribution in [1.29, 1.82) is 0 Å². The zero-order chi connectivity index (χ0) is 32.6. The molecule has 3 aromatic rings. The summed E-state index contributed by atoms with van der Waals surface area (Å²) in [5, 5.41) is 7.83. The van der Waals surface area contributed by atoms with Crippen molar-refractivity contribution in [2.75, 3.05) is 36.8 Å². The third-order valence-electron chi connectivity index (χ3n) is 8.84. The van der Waals surface area contributed by atoms with Crippen molar-refractivity contribution in [2.45, 2.75) is 125 Å². The smallest absolute Gasteiger partial charge is 0.0543 e. The number of nitrogens with one attached hydrogen (secondary N) is 2. The van der Waals surface area contributed by atoms with Crippen molar-refractivity contribution in [3.8, 4) is 0 Å². The number of anilines is 2. The topological polar surface area (TPSA) is 40.2 Å². The molecule has 0 saturated heterocycles. The van der Waals surface area contributed by atoms with Crippen LogP contribution in [0.4, 0.5) is 11.4 Å². The Hall–Kier alpha value is -2.34. The Kier molecular flexibility index (Phi) is 15.6. The quantitative estimate of drug-likeness (QED) is 0.161. The van der Waals surface area contributed by atoms with Gasteiger partial charge in [-0.1, -0.05) is 113 Å². The van der Waals surface area contributed by atoms with E-state index in [0.717, 1.165) is 38.4 Å². The summed E-state index contributed by atoms with van der Waals surface area (Å²) in [6.45, 7) is 32.3. The first-order valence-electron chi connectivity index (χ1n) is 17.2. The van der Waals surface area contributed by atoms with Crippen molar-refractivity contribution in [3.05, 3.63) is 87.7 Å². The normalized spacial score (nSPS) is 11.9. The first-order valence-corrected chi connectivity index (χ1v) is 17.2. The van der Waals surface area contributed by atoms with Gasteiger partial charge in [0.1, 0.15) is 0 Å². The Morgan fingerprint density at radius 3 is 1.22 bits per heavy atom.